The Hall–Kier alpha value is -2.00. The molecule has 0 aliphatic rings. The highest BCUT2D eigenvalue weighted by atomic mass is 16.3. The molecule has 2 rings (SSSR count). The average Bonchev–Trinajstić information content (AvgIpc) is 2.41. The first kappa shape index (κ1) is 21.0. The van der Waals surface area contributed by atoms with Gasteiger partial charge in [0.1, 0.15) is 0 Å². The first-order chi connectivity index (χ1) is 10.5. The van der Waals surface area contributed by atoms with Gasteiger partial charge in [-0.15, -0.1) is 0 Å². The van der Waals surface area contributed by atoms with Crippen LogP contribution in [-0.2, 0) is 5.41 Å². The zero-order valence-electron chi connectivity index (χ0n) is 15.0. The monoisotopic (exact) mass is 318 g/mol. The summed E-state index contributed by atoms with van der Waals surface area (Å²) in [5.41, 5.74) is 2.34. The molecule has 0 saturated carbocycles. The summed E-state index contributed by atoms with van der Waals surface area (Å²) in [4.78, 5) is 0. The summed E-state index contributed by atoms with van der Waals surface area (Å²) in [5, 5.41) is 26.3. The van der Waals surface area contributed by atoms with Crippen LogP contribution in [0.15, 0.2) is 48.5 Å². The van der Waals surface area contributed by atoms with Gasteiger partial charge in [0.2, 0.25) is 0 Å². The number of rotatable bonds is 0. The van der Waals surface area contributed by atoms with E-state index in [1.165, 1.54) is 11.6 Å². The molecule has 0 aliphatic heterocycles. The van der Waals surface area contributed by atoms with Crippen LogP contribution in [0.3, 0.4) is 0 Å². The average molecular weight is 318 g/mol. The van der Waals surface area contributed by atoms with Gasteiger partial charge in [0.25, 0.3) is 0 Å². The molecule has 128 valence electrons. The van der Waals surface area contributed by atoms with E-state index < -0.39 is 0 Å². The largest absolute Gasteiger partial charge is 0.504 e. The van der Waals surface area contributed by atoms with Gasteiger partial charge in [-0.1, -0.05) is 62.7 Å². The van der Waals surface area contributed by atoms with Gasteiger partial charge in [-0.2, -0.15) is 0 Å². The molecule has 3 heteroatoms. The van der Waals surface area contributed by atoms with Gasteiger partial charge < -0.3 is 15.3 Å². The lowest BCUT2D eigenvalue weighted by Gasteiger charge is -2.19. The van der Waals surface area contributed by atoms with Gasteiger partial charge in [0.05, 0.1) is 0 Å². The van der Waals surface area contributed by atoms with Crippen LogP contribution in [0.4, 0.5) is 0 Å². The van der Waals surface area contributed by atoms with Crippen LogP contribution in [-0.4, -0.2) is 21.4 Å². The summed E-state index contributed by atoms with van der Waals surface area (Å²) in [7, 11) is 0. The second-order valence-electron chi connectivity index (χ2n) is 6.70. The van der Waals surface area contributed by atoms with Crippen molar-refractivity contribution in [1.82, 2.24) is 0 Å². The highest BCUT2D eigenvalue weighted by Crippen LogP contribution is 2.30. The van der Waals surface area contributed by atoms with Crippen LogP contribution in [0.2, 0.25) is 0 Å². The number of aliphatic hydroxyl groups excluding tert-OH is 1. The van der Waals surface area contributed by atoms with E-state index in [2.05, 4.69) is 39.8 Å². The van der Waals surface area contributed by atoms with Crippen molar-refractivity contribution in [3.05, 3.63) is 59.7 Å². The number of hydrogen-bond acceptors (Lipinski definition) is 3. The molecule has 0 unspecified atom stereocenters. The predicted octanol–water partition coefficient (Wildman–Crippen LogP) is 4.78. The number of phenolic OH excluding ortho intramolecular Hbond substituents is 2. The first-order valence-corrected chi connectivity index (χ1v) is 7.76. The number of aliphatic hydroxyl groups is 1. The summed E-state index contributed by atoms with van der Waals surface area (Å²) < 4.78 is 0. The molecule has 3 N–H and O–H groups in total. The maximum Gasteiger partial charge on any atom is 0.157 e. The maximum absolute atomic E-state index is 9.21. The second-order valence-corrected chi connectivity index (χ2v) is 6.70. The Kier molecular flexibility index (Phi) is 9.04. The summed E-state index contributed by atoms with van der Waals surface area (Å²) in [6, 6.07) is 15.2. The Balaban J connectivity index is 0.000000371. The van der Waals surface area contributed by atoms with E-state index in [-0.39, 0.29) is 23.0 Å². The molecule has 0 aromatic heterocycles. The first-order valence-electron chi connectivity index (χ1n) is 7.76. The van der Waals surface area contributed by atoms with Crippen molar-refractivity contribution >= 4 is 0 Å². The molecule has 0 radical (unpaired) electrons. The minimum absolute atomic E-state index is 0.00514. The fraction of sp³-hybridized carbons (Fsp3) is 0.400. The Labute approximate surface area is 140 Å². The smallest absolute Gasteiger partial charge is 0.157 e. The van der Waals surface area contributed by atoms with Crippen LogP contribution in [0.25, 0.3) is 0 Å². The number of phenols is 2. The van der Waals surface area contributed by atoms with Crippen LogP contribution in [0, 0.1) is 6.92 Å². The second kappa shape index (κ2) is 9.90. The predicted molar refractivity (Wildman–Crippen MR) is 97.0 cm³/mol. The van der Waals surface area contributed by atoms with Crippen LogP contribution < -0.4 is 0 Å². The lowest BCUT2D eigenvalue weighted by Crippen LogP contribution is -2.10. The van der Waals surface area contributed by atoms with Gasteiger partial charge in [-0.3, -0.25) is 0 Å². The quantitative estimate of drug-likeness (QED) is 0.613. The van der Waals surface area contributed by atoms with Crippen LogP contribution >= 0.6 is 0 Å². The Morgan fingerprint density at radius 3 is 1.61 bits per heavy atom. The molecular formula is C20H30O3. The van der Waals surface area contributed by atoms with Crippen molar-refractivity contribution in [1.29, 1.82) is 0 Å². The summed E-state index contributed by atoms with van der Waals surface area (Å²) in [6.07, 6.45) is -0.167. The molecule has 23 heavy (non-hydrogen) atoms. The fourth-order valence-electron chi connectivity index (χ4n) is 1.52. The molecule has 2 aromatic rings. The van der Waals surface area contributed by atoms with E-state index in [1.807, 2.05) is 24.3 Å². The van der Waals surface area contributed by atoms with Gasteiger partial charge in [0, 0.05) is 6.10 Å². The minimum Gasteiger partial charge on any atom is -0.504 e. The zero-order valence-corrected chi connectivity index (χ0v) is 15.0. The van der Waals surface area contributed by atoms with E-state index in [0.29, 0.717) is 0 Å². The van der Waals surface area contributed by atoms with E-state index in [0.717, 1.165) is 5.56 Å². The molecule has 0 spiro atoms. The standard InChI is InChI=1S/C10H14O2.C7H8.C3H8O/c1-10(2,3)7-4-5-8(11)9(12)6-7;1-7-5-3-2-4-6-7;1-3(2)4/h4-6,11-12H,1-3H3;2-6H,1H3;3-4H,1-2H3. The molecule has 0 fully saturated rings. The third-order valence-electron chi connectivity index (χ3n) is 2.78. The van der Waals surface area contributed by atoms with Crippen molar-refractivity contribution in [3.63, 3.8) is 0 Å². The fourth-order valence-corrected chi connectivity index (χ4v) is 1.52. The molecule has 0 amide bonds. The number of aryl methyl sites for hydroxylation is 1. The summed E-state index contributed by atoms with van der Waals surface area (Å²) in [5.74, 6) is -0.120. The van der Waals surface area contributed by atoms with Crippen molar-refractivity contribution < 1.29 is 15.3 Å². The normalized spacial score (nSPS) is 10.3. The number of hydrogen-bond donors (Lipinski definition) is 3. The molecular weight excluding hydrogens is 288 g/mol. The third-order valence-corrected chi connectivity index (χ3v) is 2.78. The summed E-state index contributed by atoms with van der Waals surface area (Å²) >= 11 is 0. The molecule has 0 atom stereocenters. The van der Waals surface area contributed by atoms with Crippen molar-refractivity contribution in [2.24, 2.45) is 0 Å². The number of benzene rings is 2. The highest BCUT2D eigenvalue weighted by molar-refractivity contribution is 5.42. The topological polar surface area (TPSA) is 60.7 Å². The lowest BCUT2D eigenvalue weighted by atomic mass is 9.87. The Morgan fingerprint density at radius 1 is 0.826 bits per heavy atom. The van der Waals surface area contributed by atoms with E-state index in [9.17, 15) is 5.11 Å². The molecule has 0 saturated heterocycles. The van der Waals surface area contributed by atoms with Crippen LogP contribution in [0.1, 0.15) is 45.7 Å². The van der Waals surface area contributed by atoms with Crippen molar-refractivity contribution in [3.8, 4) is 11.5 Å². The van der Waals surface area contributed by atoms with Gasteiger partial charge in [0.15, 0.2) is 11.5 Å². The Bertz CT molecular complexity index is 552. The molecule has 0 heterocycles. The summed E-state index contributed by atoms with van der Waals surface area (Å²) in [6.45, 7) is 11.7. The SMILES string of the molecule is CC(C)(C)c1ccc(O)c(O)c1.CC(C)O.Cc1ccccc1. The third kappa shape index (κ3) is 10.4. The van der Waals surface area contributed by atoms with Crippen LogP contribution in [0.5, 0.6) is 11.5 Å². The lowest BCUT2D eigenvalue weighted by molar-refractivity contribution is 0.216. The van der Waals surface area contributed by atoms with Gasteiger partial charge in [-0.25, -0.2) is 0 Å². The van der Waals surface area contributed by atoms with E-state index >= 15 is 0 Å². The van der Waals surface area contributed by atoms with Crippen molar-refractivity contribution in [2.75, 3.05) is 0 Å². The van der Waals surface area contributed by atoms with Gasteiger partial charge in [-0.05, 0) is 43.9 Å². The highest BCUT2D eigenvalue weighted by Gasteiger charge is 2.14. The molecule has 0 aliphatic carbocycles. The van der Waals surface area contributed by atoms with E-state index in [4.69, 9.17) is 10.2 Å². The number of aromatic hydroxyl groups is 2. The molecule has 2 aromatic carbocycles. The minimum atomic E-state index is -0.167. The Morgan fingerprint density at radius 2 is 1.30 bits per heavy atom. The molecule has 3 nitrogen and oxygen atoms in total. The van der Waals surface area contributed by atoms with Gasteiger partial charge >= 0.3 is 0 Å². The zero-order chi connectivity index (χ0) is 18.0. The maximum atomic E-state index is 9.21. The molecule has 0 bridgehead atoms. The van der Waals surface area contributed by atoms with E-state index in [1.54, 1.807) is 19.9 Å². The van der Waals surface area contributed by atoms with Crippen molar-refractivity contribution in [2.45, 2.75) is 53.1 Å².